The summed E-state index contributed by atoms with van der Waals surface area (Å²) in [5.41, 5.74) is 1.11. The Labute approximate surface area is 142 Å². The lowest BCUT2D eigenvalue weighted by atomic mass is 9.69. The fourth-order valence-corrected chi connectivity index (χ4v) is 3.78. The zero-order valence-electron chi connectivity index (χ0n) is 13.8. The largest absolute Gasteiger partial charge is 0.324 e. The number of para-hydroxylation sites is 1. The molecule has 1 saturated carbocycles. The molecule has 0 aromatic heterocycles. The number of benzene rings is 1. The third kappa shape index (κ3) is 4.82. The van der Waals surface area contributed by atoms with Crippen LogP contribution in [-0.4, -0.2) is 18.5 Å². The van der Waals surface area contributed by atoms with Gasteiger partial charge in [0.1, 0.15) is 0 Å². The van der Waals surface area contributed by atoms with Gasteiger partial charge in [-0.3, -0.25) is 4.79 Å². The van der Waals surface area contributed by atoms with Crippen molar-refractivity contribution in [2.75, 3.05) is 11.9 Å². The summed E-state index contributed by atoms with van der Waals surface area (Å²) in [4.78, 5) is 12.2. The van der Waals surface area contributed by atoms with Crippen molar-refractivity contribution in [3.05, 3.63) is 28.7 Å². The second kappa shape index (κ2) is 7.60. The van der Waals surface area contributed by atoms with Crippen LogP contribution in [0.5, 0.6) is 0 Å². The maximum absolute atomic E-state index is 12.2. The highest BCUT2D eigenvalue weighted by atomic mass is 79.9. The molecule has 1 fully saturated rings. The Kier molecular flexibility index (Phi) is 6.04. The summed E-state index contributed by atoms with van der Waals surface area (Å²) in [5, 5.41) is 6.45. The lowest BCUT2D eigenvalue weighted by molar-refractivity contribution is -0.115. The average Bonchev–Trinajstić information content (AvgIpc) is 2.47. The van der Waals surface area contributed by atoms with Crippen molar-refractivity contribution in [1.82, 2.24) is 5.32 Å². The molecular weight excluding hydrogens is 340 g/mol. The number of nitrogens with one attached hydrogen (secondary N) is 2. The second-order valence-corrected chi connectivity index (χ2v) is 8.13. The number of carbonyl (C=O) groups is 1. The number of rotatable bonds is 4. The minimum Gasteiger partial charge on any atom is -0.324 e. The Bertz CT molecular complexity index is 510. The van der Waals surface area contributed by atoms with Crippen molar-refractivity contribution >= 4 is 27.5 Å². The molecule has 3 nitrogen and oxygen atoms in total. The van der Waals surface area contributed by atoms with E-state index in [1.165, 1.54) is 25.7 Å². The molecule has 1 amide bonds. The molecule has 0 saturated heterocycles. The van der Waals surface area contributed by atoms with Crippen molar-refractivity contribution in [1.29, 1.82) is 0 Å². The van der Waals surface area contributed by atoms with Crippen LogP contribution in [-0.2, 0) is 4.79 Å². The molecule has 0 bridgehead atoms. The topological polar surface area (TPSA) is 41.1 Å². The van der Waals surface area contributed by atoms with Crippen LogP contribution >= 0.6 is 15.9 Å². The van der Waals surface area contributed by atoms with E-state index in [0.717, 1.165) is 10.2 Å². The molecule has 0 spiro atoms. The first-order valence-electron chi connectivity index (χ1n) is 8.15. The van der Waals surface area contributed by atoms with E-state index in [1.54, 1.807) is 0 Å². The number of hydrogen-bond acceptors (Lipinski definition) is 2. The minimum atomic E-state index is 0.0186. The molecule has 2 rings (SSSR count). The molecule has 1 aliphatic rings. The molecule has 4 heteroatoms. The summed E-state index contributed by atoms with van der Waals surface area (Å²) < 4.78 is 0.911. The van der Waals surface area contributed by atoms with Crippen molar-refractivity contribution < 1.29 is 4.79 Å². The normalized spacial score (nSPS) is 22.4. The van der Waals surface area contributed by atoms with Crippen LogP contribution in [0.3, 0.4) is 0 Å². The summed E-state index contributed by atoms with van der Waals surface area (Å²) >= 11 is 3.45. The van der Waals surface area contributed by atoms with E-state index in [-0.39, 0.29) is 11.3 Å². The lowest BCUT2D eigenvalue weighted by Crippen LogP contribution is -2.46. The number of carbonyl (C=O) groups excluding carboxylic acids is 1. The number of hydrogen-bond donors (Lipinski definition) is 2. The predicted octanol–water partition coefficient (Wildman–Crippen LogP) is 4.58. The highest BCUT2D eigenvalue weighted by Gasteiger charge is 2.33. The molecule has 0 aliphatic heterocycles. The Hall–Kier alpha value is -0.870. The number of halogens is 1. The van der Waals surface area contributed by atoms with Gasteiger partial charge in [0, 0.05) is 10.5 Å². The van der Waals surface area contributed by atoms with Crippen LogP contribution < -0.4 is 10.6 Å². The molecule has 2 unspecified atom stereocenters. The molecule has 1 aliphatic carbocycles. The van der Waals surface area contributed by atoms with Crippen LogP contribution in [0.1, 0.15) is 46.5 Å². The van der Waals surface area contributed by atoms with Crippen molar-refractivity contribution in [3.8, 4) is 0 Å². The highest BCUT2D eigenvalue weighted by Crippen LogP contribution is 2.37. The second-order valence-electron chi connectivity index (χ2n) is 7.27. The molecule has 22 heavy (non-hydrogen) atoms. The van der Waals surface area contributed by atoms with E-state index in [9.17, 15) is 4.79 Å². The first kappa shape index (κ1) is 17.5. The first-order chi connectivity index (χ1) is 10.4. The van der Waals surface area contributed by atoms with Crippen molar-refractivity contribution in [3.63, 3.8) is 0 Å². The van der Waals surface area contributed by atoms with Gasteiger partial charge in [-0.25, -0.2) is 0 Å². The smallest absolute Gasteiger partial charge is 0.238 e. The molecule has 0 heterocycles. The summed E-state index contributed by atoms with van der Waals surface area (Å²) in [6.45, 7) is 7.29. The van der Waals surface area contributed by atoms with Crippen LogP contribution in [0.25, 0.3) is 0 Å². The molecule has 1 aromatic rings. The van der Waals surface area contributed by atoms with E-state index in [0.29, 0.717) is 18.5 Å². The Balaban J connectivity index is 1.88. The van der Waals surface area contributed by atoms with Crippen LogP contribution in [0.15, 0.2) is 28.7 Å². The van der Waals surface area contributed by atoms with Gasteiger partial charge in [0.2, 0.25) is 5.91 Å². The summed E-state index contributed by atoms with van der Waals surface area (Å²) in [5.74, 6) is 0.655. The Morgan fingerprint density at radius 1 is 1.23 bits per heavy atom. The van der Waals surface area contributed by atoms with Gasteiger partial charge in [-0.15, -0.1) is 0 Å². The summed E-state index contributed by atoms with van der Waals surface area (Å²) in [6.07, 6.45) is 5.00. The SMILES string of the molecule is CC(C)(C)C1CCCCC1NCC(=O)Nc1ccccc1Br. The quantitative estimate of drug-likeness (QED) is 0.818. The fraction of sp³-hybridized carbons (Fsp3) is 0.611. The van der Waals surface area contributed by atoms with Gasteiger partial charge < -0.3 is 10.6 Å². The van der Waals surface area contributed by atoms with Crippen molar-refractivity contribution in [2.45, 2.75) is 52.5 Å². The molecule has 122 valence electrons. The first-order valence-corrected chi connectivity index (χ1v) is 8.95. The van der Waals surface area contributed by atoms with Crippen molar-refractivity contribution in [2.24, 2.45) is 11.3 Å². The Morgan fingerprint density at radius 3 is 2.59 bits per heavy atom. The standard InChI is InChI=1S/C18H27BrN2O/c1-18(2,3)13-8-4-6-10-15(13)20-12-17(22)21-16-11-7-5-9-14(16)19/h5,7,9,11,13,15,20H,4,6,8,10,12H2,1-3H3,(H,21,22). The summed E-state index contributed by atoms with van der Waals surface area (Å²) in [7, 11) is 0. The van der Waals surface area contributed by atoms with Crippen LogP contribution in [0.2, 0.25) is 0 Å². The summed E-state index contributed by atoms with van der Waals surface area (Å²) in [6, 6.07) is 8.14. The van der Waals surface area contributed by atoms with Gasteiger partial charge in [-0.05, 0) is 52.2 Å². The van der Waals surface area contributed by atoms with E-state index in [1.807, 2.05) is 24.3 Å². The van der Waals surface area contributed by atoms with E-state index in [4.69, 9.17) is 0 Å². The van der Waals surface area contributed by atoms with Gasteiger partial charge in [-0.2, -0.15) is 0 Å². The number of amides is 1. The average molecular weight is 367 g/mol. The third-order valence-electron chi connectivity index (χ3n) is 4.55. The maximum atomic E-state index is 12.2. The van der Waals surface area contributed by atoms with Crippen LogP contribution in [0.4, 0.5) is 5.69 Å². The molecule has 0 radical (unpaired) electrons. The highest BCUT2D eigenvalue weighted by molar-refractivity contribution is 9.10. The molecule has 2 atom stereocenters. The van der Waals surface area contributed by atoms with Gasteiger partial charge in [0.15, 0.2) is 0 Å². The zero-order chi connectivity index (χ0) is 16.2. The minimum absolute atomic E-state index is 0.0186. The maximum Gasteiger partial charge on any atom is 0.238 e. The van der Waals surface area contributed by atoms with E-state index < -0.39 is 0 Å². The number of anilines is 1. The van der Waals surface area contributed by atoms with Gasteiger partial charge in [-0.1, -0.05) is 45.7 Å². The Morgan fingerprint density at radius 2 is 1.91 bits per heavy atom. The third-order valence-corrected chi connectivity index (χ3v) is 5.24. The van der Waals surface area contributed by atoms with Crippen LogP contribution in [0, 0.1) is 11.3 Å². The molecule has 1 aromatic carbocycles. The molecule has 2 N–H and O–H groups in total. The van der Waals surface area contributed by atoms with Gasteiger partial charge in [0.05, 0.1) is 12.2 Å². The molecular formula is C18H27BrN2O. The van der Waals surface area contributed by atoms with Gasteiger partial charge in [0.25, 0.3) is 0 Å². The monoisotopic (exact) mass is 366 g/mol. The fourth-order valence-electron chi connectivity index (χ4n) is 3.39. The van der Waals surface area contributed by atoms with E-state index >= 15 is 0 Å². The lowest BCUT2D eigenvalue weighted by Gasteiger charge is -2.40. The van der Waals surface area contributed by atoms with Gasteiger partial charge >= 0.3 is 0 Å². The zero-order valence-corrected chi connectivity index (χ0v) is 15.4. The predicted molar refractivity (Wildman–Crippen MR) is 96.0 cm³/mol. The van der Waals surface area contributed by atoms with E-state index in [2.05, 4.69) is 47.3 Å².